The first kappa shape index (κ1) is 8.34. The molecule has 1 aromatic rings. The number of rotatable bonds is 2. The van der Waals surface area contributed by atoms with Gasteiger partial charge in [-0.1, -0.05) is 0 Å². The lowest BCUT2D eigenvalue weighted by Gasteiger charge is -2.19. The molecule has 0 amide bonds. The smallest absolute Gasteiger partial charge is 0.123 e. The fourth-order valence-corrected chi connectivity index (χ4v) is 0.724. The first-order valence-electron chi connectivity index (χ1n) is 3.83. The summed E-state index contributed by atoms with van der Waals surface area (Å²) < 4.78 is 7.54. The van der Waals surface area contributed by atoms with Gasteiger partial charge in [-0.25, -0.2) is 0 Å². The zero-order valence-corrected chi connectivity index (χ0v) is 7.37. The number of ether oxygens (including phenoxy) is 1. The molecule has 0 aliphatic heterocycles. The second-order valence-electron chi connectivity index (χ2n) is 3.58. The number of hydrogen-bond donors (Lipinski definition) is 0. The van der Waals surface area contributed by atoms with Crippen molar-refractivity contribution in [3.8, 4) is 0 Å². The van der Waals surface area contributed by atoms with Crippen LogP contribution in [0.4, 0.5) is 0 Å². The van der Waals surface area contributed by atoms with Gasteiger partial charge in [0.2, 0.25) is 0 Å². The van der Waals surface area contributed by atoms with Crippen LogP contribution < -0.4 is 0 Å². The first-order chi connectivity index (χ1) is 5.08. The summed E-state index contributed by atoms with van der Waals surface area (Å²) in [6.07, 6.45) is 3.98. The molecule has 1 aromatic heterocycles. The molecule has 0 aromatic carbocycles. The SMILES string of the molecule is CC(C)(C)OCn1cccc1. The van der Waals surface area contributed by atoms with Crippen molar-refractivity contribution in [2.24, 2.45) is 0 Å². The fourth-order valence-electron chi connectivity index (χ4n) is 0.724. The van der Waals surface area contributed by atoms with E-state index in [4.69, 9.17) is 4.74 Å². The molecule has 0 spiro atoms. The van der Waals surface area contributed by atoms with Gasteiger partial charge in [0, 0.05) is 12.4 Å². The Kier molecular flexibility index (Phi) is 2.35. The predicted octanol–water partition coefficient (Wildman–Crippen LogP) is 2.26. The highest BCUT2D eigenvalue weighted by Gasteiger charge is 2.08. The molecule has 1 rings (SSSR count). The Morgan fingerprint density at radius 3 is 2.18 bits per heavy atom. The Hall–Kier alpha value is -0.760. The quantitative estimate of drug-likeness (QED) is 0.635. The third-order valence-electron chi connectivity index (χ3n) is 1.31. The first-order valence-corrected chi connectivity index (χ1v) is 3.83. The minimum atomic E-state index is -0.0513. The molecule has 0 bridgehead atoms. The topological polar surface area (TPSA) is 14.2 Å². The molecule has 0 saturated heterocycles. The van der Waals surface area contributed by atoms with E-state index in [1.54, 1.807) is 0 Å². The van der Waals surface area contributed by atoms with E-state index >= 15 is 0 Å². The maximum atomic E-state index is 5.54. The molecule has 1 heterocycles. The second-order valence-corrected chi connectivity index (χ2v) is 3.58. The highest BCUT2D eigenvalue weighted by molar-refractivity contribution is 4.89. The van der Waals surface area contributed by atoms with Crippen LogP contribution in [0, 0.1) is 0 Å². The van der Waals surface area contributed by atoms with E-state index < -0.39 is 0 Å². The van der Waals surface area contributed by atoms with Crippen molar-refractivity contribution in [2.45, 2.75) is 33.1 Å². The Labute approximate surface area is 67.8 Å². The Morgan fingerprint density at radius 1 is 1.18 bits per heavy atom. The molecule has 0 fully saturated rings. The molecule has 11 heavy (non-hydrogen) atoms. The van der Waals surface area contributed by atoms with E-state index in [2.05, 4.69) is 20.8 Å². The largest absolute Gasteiger partial charge is 0.355 e. The standard InChI is InChI=1S/C9H15NO/c1-9(2,3)11-8-10-6-4-5-7-10/h4-7H,8H2,1-3H3. The average Bonchev–Trinajstić information content (AvgIpc) is 2.32. The highest BCUT2D eigenvalue weighted by atomic mass is 16.5. The molecule has 0 unspecified atom stereocenters. The van der Waals surface area contributed by atoms with Gasteiger partial charge < -0.3 is 9.30 Å². The van der Waals surface area contributed by atoms with E-state index in [1.165, 1.54) is 0 Å². The van der Waals surface area contributed by atoms with Crippen molar-refractivity contribution < 1.29 is 4.74 Å². The predicted molar refractivity (Wildman–Crippen MR) is 45.3 cm³/mol. The summed E-state index contributed by atoms with van der Waals surface area (Å²) >= 11 is 0. The molecule has 2 heteroatoms. The van der Waals surface area contributed by atoms with Crippen LogP contribution in [0.15, 0.2) is 24.5 Å². The van der Waals surface area contributed by atoms with Crippen molar-refractivity contribution in [1.29, 1.82) is 0 Å². The van der Waals surface area contributed by atoms with Gasteiger partial charge in [-0.3, -0.25) is 0 Å². The molecular formula is C9H15NO. The van der Waals surface area contributed by atoms with Crippen LogP contribution in [0.1, 0.15) is 20.8 Å². The van der Waals surface area contributed by atoms with Crippen LogP contribution in [0.3, 0.4) is 0 Å². The highest BCUT2D eigenvalue weighted by Crippen LogP contribution is 2.07. The van der Waals surface area contributed by atoms with Crippen LogP contribution in [0.25, 0.3) is 0 Å². The van der Waals surface area contributed by atoms with Crippen molar-refractivity contribution in [2.75, 3.05) is 0 Å². The lowest BCUT2D eigenvalue weighted by molar-refractivity contribution is -0.0431. The fraction of sp³-hybridized carbons (Fsp3) is 0.556. The van der Waals surface area contributed by atoms with Crippen LogP contribution in [0.2, 0.25) is 0 Å². The molecule has 62 valence electrons. The van der Waals surface area contributed by atoms with Gasteiger partial charge in [0.15, 0.2) is 0 Å². The van der Waals surface area contributed by atoms with E-state index in [1.807, 2.05) is 29.1 Å². The van der Waals surface area contributed by atoms with Crippen molar-refractivity contribution in [3.05, 3.63) is 24.5 Å². The van der Waals surface area contributed by atoms with Gasteiger partial charge in [-0.2, -0.15) is 0 Å². The minimum absolute atomic E-state index is 0.0513. The Morgan fingerprint density at radius 2 is 1.73 bits per heavy atom. The van der Waals surface area contributed by atoms with Crippen LogP contribution in [0.5, 0.6) is 0 Å². The summed E-state index contributed by atoms with van der Waals surface area (Å²) in [6, 6.07) is 3.98. The summed E-state index contributed by atoms with van der Waals surface area (Å²) in [5.74, 6) is 0. The monoisotopic (exact) mass is 153 g/mol. The van der Waals surface area contributed by atoms with Gasteiger partial charge in [-0.15, -0.1) is 0 Å². The van der Waals surface area contributed by atoms with Crippen LogP contribution in [-0.4, -0.2) is 10.2 Å². The molecule has 0 saturated carbocycles. The average molecular weight is 153 g/mol. The van der Waals surface area contributed by atoms with E-state index in [-0.39, 0.29) is 5.60 Å². The molecule has 0 atom stereocenters. The molecule has 0 aliphatic carbocycles. The zero-order chi connectivity index (χ0) is 8.32. The van der Waals surface area contributed by atoms with Crippen molar-refractivity contribution in [1.82, 2.24) is 4.57 Å². The summed E-state index contributed by atoms with van der Waals surface area (Å²) in [7, 11) is 0. The zero-order valence-electron chi connectivity index (χ0n) is 7.37. The van der Waals surface area contributed by atoms with Gasteiger partial charge >= 0.3 is 0 Å². The van der Waals surface area contributed by atoms with Gasteiger partial charge in [-0.05, 0) is 32.9 Å². The minimum Gasteiger partial charge on any atom is -0.355 e. The summed E-state index contributed by atoms with van der Waals surface area (Å²) in [5, 5.41) is 0. The maximum absolute atomic E-state index is 5.54. The van der Waals surface area contributed by atoms with Crippen LogP contribution in [-0.2, 0) is 11.5 Å². The number of hydrogen-bond acceptors (Lipinski definition) is 1. The normalized spacial score (nSPS) is 11.9. The summed E-state index contributed by atoms with van der Waals surface area (Å²) in [5.41, 5.74) is -0.0513. The van der Waals surface area contributed by atoms with Gasteiger partial charge in [0.1, 0.15) is 6.73 Å². The van der Waals surface area contributed by atoms with Gasteiger partial charge in [0.25, 0.3) is 0 Å². The molecule has 0 aliphatic rings. The third-order valence-corrected chi connectivity index (χ3v) is 1.31. The maximum Gasteiger partial charge on any atom is 0.123 e. The lowest BCUT2D eigenvalue weighted by Crippen LogP contribution is -2.20. The second kappa shape index (κ2) is 3.09. The number of nitrogens with zero attached hydrogens (tertiary/aromatic N) is 1. The lowest BCUT2D eigenvalue weighted by atomic mass is 10.2. The molecule has 0 radical (unpaired) electrons. The Bertz CT molecular complexity index is 196. The van der Waals surface area contributed by atoms with Gasteiger partial charge in [0.05, 0.1) is 5.60 Å². The van der Waals surface area contributed by atoms with Crippen molar-refractivity contribution in [3.63, 3.8) is 0 Å². The van der Waals surface area contributed by atoms with Crippen LogP contribution >= 0.6 is 0 Å². The summed E-state index contributed by atoms with van der Waals surface area (Å²) in [4.78, 5) is 0. The van der Waals surface area contributed by atoms with E-state index in [0.717, 1.165) is 0 Å². The van der Waals surface area contributed by atoms with E-state index in [0.29, 0.717) is 6.73 Å². The number of aromatic nitrogens is 1. The molecule has 0 N–H and O–H groups in total. The summed E-state index contributed by atoms with van der Waals surface area (Å²) in [6.45, 7) is 6.79. The van der Waals surface area contributed by atoms with Crippen molar-refractivity contribution >= 4 is 0 Å². The van der Waals surface area contributed by atoms with E-state index in [9.17, 15) is 0 Å². The molecule has 2 nitrogen and oxygen atoms in total. The third kappa shape index (κ3) is 3.23. The molecular weight excluding hydrogens is 138 g/mol. The Balaban J connectivity index is 2.35.